The van der Waals surface area contributed by atoms with E-state index in [0.717, 1.165) is 25.7 Å². The molecule has 0 bridgehead atoms. The molecule has 1 aliphatic carbocycles. The van der Waals surface area contributed by atoms with Crippen molar-refractivity contribution in [3.63, 3.8) is 0 Å². The van der Waals surface area contributed by atoms with Crippen LogP contribution in [0.2, 0.25) is 0 Å². The van der Waals surface area contributed by atoms with Gasteiger partial charge < -0.3 is 19.7 Å². The zero-order chi connectivity index (χ0) is 27.1. The van der Waals surface area contributed by atoms with E-state index in [9.17, 15) is 9.18 Å². The lowest BCUT2D eigenvalue weighted by atomic mass is 9.92. The van der Waals surface area contributed by atoms with E-state index >= 15 is 0 Å². The van der Waals surface area contributed by atoms with Gasteiger partial charge in [-0.05, 0) is 44.0 Å². The first-order valence-corrected chi connectivity index (χ1v) is 13.1. The third-order valence-corrected chi connectivity index (χ3v) is 7.58. The summed E-state index contributed by atoms with van der Waals surface area (Å²) in [7, 11) is 3.13. The minimum Gasteiger partial charge on any atom is -0.493 e. The van der Waals surface area contributed by atoms with Crippen molar-refractivity contribution in [3.05, 3.63) is 48.5 Å². The molecule has 1 aliphatic heterocycles. The highest BCUT2D eigenvalue weighted by Gasteiger charge is 2.41. The molecule has 1 amide bonds. The molecule has 0 radical (unpaired) electrons. The Morgan fingerprint density at radius 2 is 1.85 bits per heavy atom. The number of carbonyl (C=O) groups excluding carboxylic acids is 1. The van der Waals surface area contributed by atoms with Crippen molar-refractivity contribution < 1.29 is 18.7 Å². The first-order valence-electron chi connectivity index (χ1n) is 13.1. The average molecular weight is 532 g/mol. The van der Waals surface area contributed by atoms with Crippen LogP contribution in [0.25, 0.3) is 10.9 Å². The predicted octanol–water partition coefficient (Wildman–Crippen LogP) is 5.46. The molecule has 0 unspecified atom stereocenters. The highest BCUT2D eigenvalue weighted by Crippen LogP contribution is 2.44. The molecule has 2 aromatic heterocycles. The summed E-state index contributed by atoms with van der Waals surface area (Å²) in [6.45, 7) is 1.92. The van der Waals surface area contributed by atoms with Crippen LogP contribution in [0.15, 0.2) is 42.7 Å². The number of H-pyrrole nitrogens is 1. The second kappa shape index (κ2) is 10.0. The molecule has 1 fully saturated rings. The number of fused-ring (bicyclic) bond motifs is 2. The topological polar surface area (TPSA) is 109 Å². The Kier molecular flexibility index (Phi) is 6.41. The van der Waals surface area contributed by atoms with E-state index in [1.807, 2.05) is 13.0 Å². The zero-order valence-electron chi connectivity index (χ0n) is 22.1. The van der Waals surface area contributed by atoms with E-state index in [0.29, 0.717) is 51.2 Å². The molecule has 3 heterocycles. The second-order valence-electron chi connectivity index (χ2n) is 9.91. The molecule has 10 nitrogen and oxygen atoms in total. The number of halogens is 1. The number of benzene rings is 2. The SMILES string of the molecule is COc1ccc(N2C(=O)[C@@H](C)N(C3CCCCC3)c3nc(Nc4cc(F)c5[nH]ncc5c4)ncc32)cc1OC. The lowest BCUT2D eigenvalue weighted by molar-refractivity contribution is -0.119. The summed E-state index contributed by atoms with van der Waals surface area (Å²) in [5.41, 5.74) is 2.05. The van der Waals surface area contributed by atoms with Crippen LogP contribution in [-0.2, 0) is 4.79 Å². The Hall–Kier alpha value is -4.41. The summed E-state index contributed by atoms with van der Waals surface area (Å²) in [6, 6.07) is 8.27. The maximum absolute atomic E-state index is 14.6. The normalized spacial score (nSPS) is 17.8. The van der Waals surface area contributed by atoms with Crippen LogP contribution in [-0.4, -0.2) is 52.4 Å². The summed E-state index contributed by atoms with van der Waals surface area (Å²) in [5.74, 6) is 1.56. The Morgan fingerprint density at radius 1 is 1.05 bits per heavy atom. The molecule has 1 saturated carbocycles. The van der Waals surface area contributed by atoms with Crippen molar-refractivity contribution in [2.75, 3.05) is 29.3 Å². The van der Waals surface area contributed by atoms with Gasteiger partial charge in [0.1, 0.15) is 17.2 Å². The van der Waals surface area contributed by atoms with Gasteiger partial charge in [0.05, 0.1) is 32.3 Å². The number of nitrogens with one attached hydrogen (secondary N) is 2. The van der Waals surface area contributed by atoms with Gasteiger partial charge in [-0.1, -0.05) is 19.3 Å². The number of carbonyl (C=O) groups is 1. The molecule has 6 rings (SSSR count). The van der Waals surface area contributed by atoms with Gasteiger partial charge in [0.15, 0.2) is 23.1 Å². The Labute approximate surface area is 225 Å². The van der Waals surface area contributed by atoms with E-state index in [2.05, 4.69) is 25.4 Å². The van der Waals surface area contributed by atoms with Gasteiger partial charge in [0, 0.05) is 23.2 Å². The molecule has 2 aromatic carbocycles. The number of hydrogen-bond acceptors (Lipinski definition) is 8. The van der Waals surface area contributed by atoms with Crippen molar-refractivity contribution in [2.45, 2.75) is 51.1 Å². The van der Waals surface area contributed by atoms with Crippen molar-refractivity contribution in [2.24, 2.45) is 0 Å². The number of anilines is 5. The monoisotopic (exact) mass is 531 g/mol. The smallest absolute Gasteiger partial charge is 0.254 e. The fraction of sp³-hybridized carbons (Fsp3) is 0.357. The lowest BCUT2D eigenvalue weighted by Crippen LogP contribution is -2.55. The molecule has 202 valence electrons. The number of ether oxygens (including phenoxy) is 2. The van der Waals surface area contributed by atoms with Crippen LogP contribution >= 0.6 is 0 Å². The summed E-state index contributed by atoms with van der Waals surface area (Å²) in [4.78, 5) is 27.1. The second-order valence-corrected chi connectivity index (χ2v) is 9.91. The predicted molar refractivity (Wildman–Crippen MR) is 147 cm³/mol. The summed E-state index contributed by atoms with van der Waals surface area (Å²) in [5, 5.41) is 10.4. The maximum Gasteiger partial charge on any atom is 0.254 e. The van der Waals surface area contributed by atoms with E-state index < -0.39 is 11.9 Å². The van der Waals surface area contributed by atoms with Crippen LogP contribution < -0.4 is 24.6 Å². The van der Waals surface area contributed by atoms with E-state index in [4.69, 9.17) is 14.5 Å². The van der Waals surface area contributed by atoms with Crippen LogP contribution in [0.5, 0.6) is 11.5 Å². The van der Waals surface area contributed by atoms with Crippen LogP contribution in [0, 0.1) is 5.82 Å². The largest absolute Gasteiger partial charge is 0.493 e. The van der Waals surface area contributed by atoms with Gasteiger partial charge in [-0.25, -0.2) is 9.37 Å². The van der Waals surface area contributed by atoms with Gasteiger partial charge in [0.25, 0.3) is 5.91 Å². The first-order chi connectivity index (χ1) is 19.0. The molecule has 1 atom stereocenters. The van der Waals surface area contributed by atoms with Gasteiger partial charge >= 0.3 is 0 Å². The molecular formula is C28H30FN7O3. The highest BCUT2D eigenvalue weighted by molar-refractivity contribution is 6.10. The number of hydrogen-bond donors (Lipinski definition) is 2. The third kappa shape index (κ3) is 4.37. The number of aromatic nitrogens is 4. The number of nitrogens with zero attached hydrogens (tertiary/aromatic N) is 5. The fourth-order valence-corrected chi connectivity index (χ4v) is 5.68. The van der Waals surface area contributed by atoms with Crippen molar-refractivity contribution >= 4 is 45.6 Å². The standard InChI is InChI=1S/C28H30FN7O3/c1-16-27(37)36(20-9-10-23(38-2)24(13-20)39-3)22-15-30-28(33-26(22)35(16)19-7-5-4-6-8-19)32-18-11-17-14-31-34-25(17)21(29)12-18/h9-16,19H,4-8H2,1-3H3,(H,31,34)(H,30,32,33)/t16-/m1/s1. The van der Waals surface area contributed by atoms with Gasteiger partial charge in [0.2, 0.25) is 5.95 Å². The van der Waals surface area contributed by atoms with Gasteiger partial charge in [-0.15, -0.1) is 0 Å². The van der Waals surface area contributed by atoms with Crippen molar-refractivity contribution in [3.8, 4) is 11.5 Å². The van der Waals surface area contributed by atoms with Crippen LogP contribution in [0.3, 0.4) is 0 Å². The molecule has 0 saturated heterocycles. The lowest BCUT2D eigenvalue weighted by Gasteiger charge is -2.45. The van der Waals surface area contributed by atoms with Crippen molar-refractivity contribution in [1.29, 1.82) is 0 Å². The molecule has 39 heavy (non-hydrogen) atoms. The van der Waals surface area contributed by atoms with E-state index in [1.165, 1.54) is 12.5 Å². The number of rotatable bonds is 6. The van der Waals surface area contributed by atoms with Gasteiger partial charge in [-0.3, -0.25) is 14.8 Å². The summed E-state index contributed by atoms with van der Waals surface area (Å²) in [6.07, 6.45) is 8.60. The Bertz CT molecular complexity index is 1540. The molecule has 4 aromatic rings. The molecule has 0 spiro atoms. The van der Waals surface area contributed by atoms with E-state index in [-0.39, 0.29) is 11.9 Å². The highest BCUT2D eigenvalue weighted by atomic mass is 19.1. The Morgan fingerprint density at radius 3 is 2.62 bits per heavy atom. The summed E-state index contributed by atoms with van der Waals surface area (Å²) < 4.78 is 25.5. The fourth-order valence-electron chi connectivity index (χ4n) is 5.68. The first kappa shape index (κ1) is 24.9. The minimum atomic E-state index is -0.448. The molecular weight excluding hydrogens is 501 g/mol. The van der Waals surface area contributed by atoms with Gasteiger partial charge in [-0.2, -0.15) is 10.1 Å². The Balaban J connectivity index is 1.44. The number of amides is 1. The van der Waals surface area contributed by atoms with E-state index in [1.54, 1.807) is 49.7 Å². The quantitative estimate of drug-likeness (QED) is 0.338. The number of methoxy groups -OCH3 is 2. The zero-order valence-corrected chi connectivity index (χ0v) is 22.1. The summed E-state index contributed by atoms with van der Waals surface area (Å²) >= 11 is 0. The third-order valence-electron chi connectivity index (χ3n) is 7.58. The maximum atomic E-state index is 14.6. The molecule has 2 aliphatic rings. The minimum absolute atomic E-state index is 0.0721. The molecule has 11 heteroatoms. The van der Waals surface area contributed by atoms with Crippen molar-refractivity contribution in [1.82, 2.24) is 20.2 Å². The molecule has 2 N–H and O–H groups in total. The number of aromatic amines is 1. The van der Waals surface area contributed by atoms with Crippen LogP contribution in [0.4, 0.5) is 33.2 Å². The van der Waals surface area contributed by atoms with Crippen LogP contribution in [0.1, 0.15) is 39.0 Å². The average Bonchev–Trinajstić information content (AvgIpc) is 3.43.